The van der Waals surface area contributed by atoms with Crippen LogP contribution in [0.4, 0.5) is 0 Å². The highest BCUT2D eigenvalue weighted by atomic mass is 79.9. The zero-order valence-electron chi connectivity index (χ0n) is 8.90. The third-order valence-electron chi connectivity index (χ3n) is 2.18. The van der Waals surface area contributed by atoms with Gasteiger partial charge in [0.1, 0.15) is 0 Å². The van der Waals surface area contributed by atoms with E-state index in [-0.39, 0.29) is 5.75 Å². The maximum absolute atomic E-state index is 11.5. The highest BCUT2D eigenvalue weighted by Crippen LogP contribution is 2.15. The van der Waals surface area contributed by atoms with Crippen molar-refractivity contribution in [3.63, 3.8) is 0 Å². The Labute approximate surface area is 99.7 Å². The summed E-state index contributed by atoms with van der Waals surface area (Å²) in [6, 6.07) is 7.12. The Morgan fingerprint density at radius 2 is 1.80 bits per heavy atom. The van der Waals surface area contributed by atoms with Gasteiger partial charge < -0.3 is 0 Å². The summed E-state index contributed by atoms with van der Waals surface area (Å²) in [6.45, 7) is 3.72. The van der Waals surface area contributed by atoms with Crippen LogP contribution < -0.4 is 0 Å². The van der Waals surface area contributed by atoms with Crippen LogP contribution in [-0.4, -0.2) is 19.0 Å². The molecule has 1 rings (SSSR count). The second-order valence-corrected chi connectivity index (χ2v) is 7.37. The number of benzene rings is 1. The Balaban J connectivity index is 2.91. The van der Waals surface area contributed by atoms with Gasteiger partial charge in [-0.2, -0.15) is 0 Å². The minimum absolute atomic E-state index is 0.154. The van der Waals surface area contributed by atoms with Gasteiger partial charge in [0.05, 0.1) is 10.6 Å². The van der Waals surface area contributed by atoms with Crippen molar-refractivity contribution < 1.29 is 8.42 Å². The standard InChI is InChI=1S/C11H15BrO2S/c1-3-15(13,14)11-6-4-10(5-7-11)8-9(2)12/h4-7,9H,3,8H2,1-2H3. The fourth-order valence-electron chi connectivity index (χ4n) is 1.32. The Morgan fingerprint density at radius 3 is 2.20 bits per heavy atom. The normalized spacial score (nSPS) is 13.8. The summed E-state index contributed by atoms with van der Waals surface area (Å²) < 4.78 is 23.1. The van der Waals surface area contributed by atoms with Crippen LogP contribution in [0.15, 0.2) is 29.2 Å². The number of halogens is 1. The van der Waals surface area contributed by atoms with Crippen molar-refractivity contribution in [3.8, 4) is 0 Å². The summed E-state index contributed by atoms with van der Waals surface area (Å²) in [7, 11) is -3.06. The summed E-state index contributed by atoms with van der Waals surface area (Å²) >= 11 is 3.46. The van der Waals surface area contributed by atoms with E-state index in [4.69, 9.17) is 0 Å². The number of sulfone groups is 1. The molecule has 0 aliphatic rings. The summed E-state index contributed by atoms with van der Waals surface area (Å²) in [5, 5.41) is 0. The molecule has 84 valence electrons. The maximum atomic E-state index is 11.5. The second kappa shape index (κ2) is 5.12. The molecule has 1 unspecified atom stereocenters. The predicted molar refractivity (Wildman–Crippen MR) is 66.3 cm³/mol. The molecule has 4 heteroatoms. The Bertz CT molecular complexity index is 407. The van der Waals surface area contributed by atoms with Crippen LogP contribution >= 0.6 is 15.9 Å². The molecular formula is C11H15BrO2S. The van der Waals surface area contributed by atoms with Crippen LogP contribution in [0.2, 0.25) is 0 Å². The van der Waals surface area contributed by atoms with Gasteiger partial charge in [-0.25, -0.2) is 8.42 Å². The van der Waals surface area contributed by atoms with Gasteiger partial charge in [0.25, 0.3) is 0 Å². The van der Waals surface area contributed by atoms with Crippen molar-refractivity contribution in [1.29, 1.82) is 0 Å². The van der Waals surface area contributed by atoms with E-state index in [0.29, 0.717) is 9.72 Å². The van der Waals surface area contributed by atoms with Crippen LogP contribution in [0.3, 0.4) is 0 Å². The van der Waals surface area contributed by atoms with Crippen LogP contribution in [0.1, 0.15) is 19.4 Å². The van der Waals surface area contributed by atoms with E-state index in [0.717, 1.165) is 12.0 Å². The monoisotopic (exact) mass is 290 g/mol. The zero-order valence-corrected chi connectivity index (χ0v) is 11.3. The molecule has 1 aromatic carbocycles. The van der Waals surface area contributed by atoms with Gasteiger partial charge >= 0.3 is 0 Å². The lowest BCUT2D eigenvalue weighted by Crippen LogP contribution is -2.04. The Morgan fingerprint density at radius 1 is 1.27 bits per heavy atom. The molecule has 0 heterocycles. The number of hydrogen-bond acceptors (Lipinski definition) is 2. The molecule has 0 saturated heterocycles. The molecule has 0 aliphatic heterocycles. The van der Waals surface area contributed by atoms with Crippen molar-refractivity contribution in [3.05, 3.63) is 29.8 Å². The van der Waals surface area contributed by atoms with E-state index in [1.807, 2.05) is 12.1 Å². The highest BCUT2D eigenvalue weighted by Gasteiger charge is 2.10. The van der Waals surface area contributed by atoms with Gasteiger partial charge in [0.2, 0.25) is 0 Å². The van der Waals surface area contributed by atoms with Crippen LogP contribution in [0.5, 0.6) is 0 Å². The summed E-state index contributed by atoms with van der Waals surface area (Å²) in [6.07, 6.45) is 0.909. The average molecular weight is 291 g/mol. The summed E-state index contributed by atoms with van der Waals surface area (Å²) in [4.78, 5) is 0.821. The first-order valence-corrected chi connectivity index (χ1v) is 7.48. The van der Waals surface area contributed by atoms with E-state index in [1.165, 1.54) is 0 Å². The lowest BCUT2D eigenvalue weighted by atomic mass is 10.1. The molecule has 0 amide bonds. The van der Waals surface area contributed by atoms with Crippen LogP contribution in [-0.2, 0) is 16.3 Å². The highest BCUT2D eigenvalue weighted by molar-refractivity contribution is 9.09. The van der Waals surface area contributed by atoms with Gasteiger partial charge in [0.15, 0.2) is 9.84 Å². The van der Waals surface area contributed by atoms with Crippen molar-refractivity contribution >= 4 is 25.8 Å². The van der Waals surface area contributed by atoms with E-state index < -0.39 is 9.84 Å². The van der Waals surface area contributed by atoms with Crippen molar-refractivity contribution in [2.45, 2.75) is 30.0 Å². The molecule has 0 bridgehead atoms. The molecule has 0 aromatic heterocycles. The molecule has 1 aromatic rings. The molecule has 0 fully saturated rings. The molecule has 0 saturated carbocycles. The third kappa shape index (κ3) is 3.61. The first-order valence-electron chi connectivity index (χ1n) is 4.91. The van der Waals surface area contributed by atoms with E-state index in [9.17, 15) is 8.42 Å². The summed E-state index contributed by atoms with van der Waals surface area (Å²) in [5.41, 5.74) is 1.15. The SMILES string of the molecule is CCS(=O)(=O)c1ccc(CC(C)Br)cc1. The second-order valence-electron chi connectivity index (χ2n) is 3.53. The lowest BCUT2D eigenvalue weighted by Gasteiger charge is -2.05. The number of alkyl halides is 1. The fraction of sp³-hybridized carbons (Fsp3) is 0.455. The topological polar surface area (TPSA) is 34.1 Å². The van der Waals surface area contributed by atoms with Gasteiger partial charge in [-0.05, 0) is 24.1 Å². The first-order chi connectivity index (χ1) is 6.95. The molecular weight excluding hydrogens is 276 g/mol. The quantitative estimate of drug-likeness (QED) is 0.799. The van der Waals surface area contributed by atoms with E-state index in [2.05, 4.69) is 22.9 Å². The molecule has 1 atom stereocenters. The number of rotatable bonds is 4. The van der Waals surface area contributed by atoms with E-state index >= 15 is 0 Å². The molecule has 0 radical (unpaired) electrons. The number of hydrogen-bond donors (Lipinski definition) is 0. The summed E-state index contributed by atoms with van der Waals surface area (Å²) in [5.74, 6) is 0.154. The predicted octanol–water partition coefficient (Wildman–Crippen LogP) is 2.81. The van der Waals surface area contributed by atoms with E-state index in [1.54, 1.807) is 19.1 Å². The Hall–Kier alpha value is -0.350. The van der Waals surface area contributed by atoms with Gasteiger partial charge in [0, 0.05) is 4.83 Å². The maximum Gasteiger partial charge on any atom is 0.178 e. The molecule has 0 spiro atoms. The zero-order chi connectivity index (χ0) is 11.5. The van der Waals surface area contributed by atoms with Crippen molar-refractivity contribution in [2.75, 3.05) is 5.75 Å². The van der Waals surface area contributed by atoms with Crippen molar-refractivity contribution in [1.82, 2.24) is 0 Å². The molecule has 15 heavy (non-hydrogen) atoms. The van der Waals surface area contributed by atoms with Gasteiger partial charge in [-0.1, -0.05) is 41.9 Å². The molecule has 0 aliphatic carbocycles. The van der Waals surface area contributed by atoms with Gasteiger partial charge in [-0.15, -0.1) is 0 Å². The fourth-order valence-corrected chi connectivity index (χ4v) is 2.58. The molecule has 2 nitrogen and oxygen atoms in total. The largest absolute Gasteiger partial charge is 0.224 e. The average Bonchev–Trinajstić information content (AvgIpc) is 2.18. The smallest absolute Gasteiger partial charge is 0.178 e. The molecule has 0 N–H and O–H groups in total. The van der Waals surface area contributed by atoms with Gasteiger partial charge in [-0.3, -0.25) is 0 Å². The lowest BCUT2D eigenvalue weighted by molar-refractivity contribution is 0.597. The first kappa shape index (κ1) is 12.7. The van der Waals surface area contributed by atoms with Crippen molar-refractivity contribution in [2.24, 2.45) is 0 Å². The van der Waals surface area contributed by atoms with Crippen LogP contribution in [0, 0.1) is 0 Å². The third-order valence-corrected chi connectivity index (χ3v) is 4.25. The minimum atomic E-state index is -3.06. The van der Waals surface area contributed by atoms with Crippen LogP contribution in [0.25, 0.3) is 0 Å². The Kier molecular flexibility index (Phi) is 4.34. The minimum Gasteiger partial charge on any atom is -0.224 e.